The molecular formula is C35H41BO2. The normalized spacial score (nSPS) is 22.1. The zero-order chi connectivity index (χ0) is 27.0. The smallest absolute Gasteiger partial charge is 0.260 e. The van der Waals surface area contributed by atoms with E-state index in [2.05, 4.69) is 98.7 Å². The molecule has 7 rings (SSSR count). The molecule has 0 unspecified atom stereocenters. The average Bonchev–Trinajstić information content (AvgIpc) is 2.83. The Labute approximate surface area is 229 Å². The lowest BCUT2D eigenvalue weighted by Gasteiger charge is -2.45. The Kier molecular flexibility index (Phi) is 4.67. The molecule has 3 heteroatoms. The van der Waals surface area contributed by atoms with Crippen molar-refractivity contribution in [3.8, 4) is 23.0 Å². The fourth-order valence-electron chi connectivity index (χ4n) is 7.75. The van der Waals surface area contributed by atoms with Crippen LogP contribution in [0.3, 0.4) is 0 Å². The summed E-state index contributed by atoms with van der Waals surface area (Å²) in [5.74, 6) is 3.95. The van der Waals surface area contributed by atoms with Crippen LogP contribution in [0.4, 0.5) is 0 Å². The molecule has 3 aromatic carbocycles. The Morgan fingerprint density at radius 3 is 1.21 bits per heavy atom. The van der Waals surface area contributed by atoms with E-state index >= 15 is 0 Å². The van der Waals surface area contributed by atoms with Gasteiger partial charge in [0.25, 0.3) is 6.71 Å². The van der Waals surface area contributed by atoms with E-state index in [0.29, 0.717) is 0 Å². The first-order valence-corrected chi connectivity index (χ1v) is 14.6. The predicted molar refractivity (Wildman–Crippen MR) is 159 cm³/mol. The molecule has 38 heavy (non-hydrogen) atoms. The van der Waals surface area contributed by atoms with Crippen molar-refractivity contribution in [1.29, 1.82) is 0 Å². The SMILES string of the molecule is Cc1cc2c3c(c1)Oc1cc4c(cc1B3c1cc3c(cc1O2)C(C)(C)CCC3(C)C)C(C)(C)CCC4(C)C. The van der Waals surface area contributed by atoms with Crippen molar-refractivity contribution in [2.75, 3.05) is 0 Å². The van der Waals surface area contributed by atoms with Crippen molar-refractivity contribution >= 4 is 23.1 Å². The van der Waals surface area contributed by atoms with Gasteiger partial charge in [-0.25, -0.2) is 0 Å². The molecule has 196 valence electrons. The highest BCUT2D eigenvalue weighted by Crippen LogP contribution is 2.50. The topological polar surface area (TPSA) is 18.5 Å². The first-order valence-electron chi connectivity index (χ1n) is 14.6. The van der Waals surface area contributed by atoms with Crippen molar-refractivity contribution in [3.63, 3.8) is 0 Å². The molecule has 0 fully saturated rings. The highest BCUT2D eigenvalue weighted by molar-refractivity contribution is 6.98. The van der Waals surface area contributed by atoms with Crippen molar-refractivity contribution in [3.05, 3.63) is 64.2 Å². The maximum absolute atomic E-state index is 6.75. The quantitative estimate of drug-likeness (QED) is 0.204. The van der Waals surface area contributed by atoms with E-state index in [1.165, 1.54) is 69.9 Å². The van der Waals surface area contributed by atoms with E-state index in [0.717, 1.165) is 23.0 Å². The number of fused-ring (bicyclic) bond motifs is 6. The average molecular weight is 505 g/mol. The molecule has 0 amide bonds. The Morgan fingerprint density at radius 1 is 0.500 bits per heavy atom. The summed E-state index contributed by atoms with van der Waals surface area (Å²) in [5.41, 5.74) is 11.4. The highest BCUT2D eigenvalue weighted by atomic mass is 16.5. The molecule has 3 aromatic rings. The number of ether oxygens (including phenoxy) is 2. The third kappa shape index (κ3) is 3.26. The summed E-state index contributed by atoms with van der Waals surface area (Å²) in [6, 6.07) is 14.2. The Morgan fingerprint density at radius 2 is 0.842 bits per heavy atom. The van der Waals surface area contributed by atoms with Crippen LogP contribution in [-0.4, -0.2) is 6.71 Å². The molecule has 0 saturated carbocycles. The molecule has 2 aliphatic heterocycles. The van der Waals surface area contributed by atoms with Gasteiger partial charge in [-0.3, -0.25) is 0 Å². The van der Waals surface area contributed by atoms with E-state index < -0.39 is 0 Å². The summed E-state index contributed by atoms with van der Waals surface area (Å²) < 4.78 is 13.5. The van der Waals surface area contributed by atoms with Crippen LogP contribution in [0.1, 0.15) is 109 Å². The van der Waals surface area contributed by atoms with Crippen LogP contribution in [0.15, 0.2) is 36.4 Å². The summed E-state index contributed by atoms with van der Waals surface area (Å²) in [6.07, 6.45) is 4.80. The lowest BCUT2D eigenvalue weighted by Crippen LogP contribution is -2.58. The lowest BCUT2D eigenvalue weighted by atomic mass is 9.34. The number of hydrogen-bond acceptors (Lipinski definition) is 2. The van der Waals surface area contributed by atoms with E-state index in [-0.39, 0.29) is 28.4 Å². The third-order valence-corrected chi connectivity index (χ3v) is 10.6. The monoisotopic (exact) mass is 504 g/mol. The van der Waals surface area contributed by atoms with E-state index in [1.807, 2.05) is 0 Å². The molecule has 2 heterocycles. The second-order valence-corrected chi connectivity index (χ2v) is 15.2. The summed E-state index contributed by atoms with van der Waals surface area (Å²) in [5, 5.41) is 0. The number of benzene rings is 3. The van der Waals surface area contributed by atoms with Gasteiger partial charge in [0.05, 0.1) is 0 Å². The first kappa shape index (κ1) is 24.4. The van der Waals surface area contributed by atoms with Crippen molar-refractivity contribution in [2.45, 2.75) is 110 Å². The molecule has 0 spiro atoms. The first-order chi connectivity index (χ1) is 17.7. The summed E-state index contributed by atoms with van der Waals surface area (Å²) >= 11 is 0. The molecule has 2 aliphatic carbocycles. The van der Waals surface area contributed by atoms with Crippen LogP contribution in [0, 0.1) is 6.92 Å². The number of aryl methyl sites for hydroxylation is 1. The van der Waals surface area contributed by atoms with Gasteiger partial charge in [-0.15, -0.1) is 0 Å². The lowest BCUT2D eigenvalue weighted by molar-refractivity contribution is 0.330. The third-order valence-electron chi connectivity index (χ3n) is 10.6. The Balaban J connectivity index is 1.53. The molecule has 0 aromatic heterocycles. The van der Waals surface area contributed by atoms with Gasteiger partial charge in [0.15, 0.2) is 0 Å². The number of rotatable bonds is 0. The van der Waals surface area contributed by atoms with Crippen LogP contribution >= 0.6 is 0 Å². The fourth-order valence-corrected chi connectivity index (χ4v) is 7.75. The molecular weight excluding hydrogens is 463 g/mol. The van der Waals surface area contributed by atoms with E-state index in [9.17, 15) is 0 Å². The minimum Gasteiger partial charge on any atom is -0.458 e. The highest BCUT2D eigenvalue weighted by Gasteiger charge is 2.46. The zero-order valence-electron chi connectivity index (χ0n) is 24.7. The zero-order valence-corrected chi connectivity index (χ0v) is 24.7. The molecule has 0 atom stereocenters. The number of hydrogen-bond donors (Lipinski definition) is 0. The van der Waals surface area contributed by atoms with Gasteiger partial charge < -0.3 is 9.47 Å². The minimum atomic E-state index is 0.116. The van der Waals surface area contributed by atoms with Gasteiger partial charge in [-0.2, -0.15) is 0 Å². The summed E-state index contributed by atoms with van der Waals surface area (Å²) in [6.45, 7) is 21.5. The molecule has 0 saturated heterocycles. The second-order valence-electron chi connectivity index (χ2n) is 15.2. The Bertz CT molecular complexity index is 1430. The molecule has 0 bridgehead atoms. The molecule has 0 N–H and O–H groups in total. The summed E-state index contributed by atoms with van der Waals surface area (Å²) in [7, 11) is 0. The van der Waals surface area contributed by atoms with Gasteiger partial charge in [0.1, 0.15) is 23.0 Å². The van der Waals surface area contributed by atoms with Gasteiger partial charge >= 0.3 is 0 Å². The molecule has 4 aliphatic rings. The van der Waals surface area contributed by atoms with Crippen molar-refractivity contribution in [1.82, 2.24) is 0 Å². The minimum absolute atomic E-state index is 0.116. The van der Waals surface area contributed by atoms with Crippen LogP contribution < -0.4 is 25.9 Å². The molecule has 2 nitrogen and oxygen atoms in total. The van der Waals surface area contributed by atoms with Crippen LogP contribution in [0.2, 0.25) is 0 Å². The van der Waals surface area contributed by atoms with E-state index in [1.54, 1.807) is 0 Å². The standard InChI is InChI=1S/C35H41BO2/c1-20-14-29-31-30(15-20)38-28-19-24-22(33(4,5)11-13-35(24,8)9)17-26(28)36(31)25-16-21-23(18-27(25)37-29)34(6,7)12-10-32(21,2)3/h14-19H,10-13H2,1-9H3. The van der Waals surface area contributed by atoms with Crippen LogP contribution in [0.25, 0.3) is 0 Å². The Hall–Kier alpha value is -2.68. The van der Waals surface area contributed by atoms with E-state index in [4.69, 9.17) is 9.47 Å². The molecule has 0 radical (unpaired) electrons. The van der Waals surface area contributed by atoms with Gasteiger partial charge in [-0.05, 0) is 117 Å². The van der Waals surface area contributed by atoms with Crippen LogP contribution in [0.5, 0.6) is 23.0 Å². The maximum Gasteiger partial charge on any atom is 0.260 e. The van der Waals surface area contributed by atoms with Gasteiger partial charge in [0.2, 0.25) is 0 Å². The van der Waals surface area contributed by atoms with Crippen molar-refractivity contribution < 1.29 is 9.47 Å². The fraction of sp³-hybridized carbons (Fsp3) is 0.486. The van der Waals surface area contributed by atoms with Gasteiger partial charge in [0, 0.05) is 5.46 Å². The second kappa shape index (κ2) is 7.29. The predicted octanol–water partition coefficient (Wildman–Crippen LogP) is 7.42. The van der Waals surface area contributed by atoms with Crippen molar-refractivity contribution in [2.24, 2.45) is 0 Å². The summed E-state index contributed by atoms with van der Waals surface area (Å²) in [4.78, 5) is 0. The maximum atomic E-state index is 6.75. The van der Waals surface area contributed by atoms with Crippen LogP contribution in [-0.2, 0) is 21.7 Å². The largest absolute Gasteiger partial charge is 0.458 e. The van der Waals surface area contributed by atoms with Gasteiger partial charge in [-0.1, -0.05) is 67.5 Å².